The lowest BCUT2D eigenvalue weighted by Crippen LogP contribution is -2.21. The maximum atomic E-state index is 10.9. The number of nitrogen functional groups attached to an aromatic ring is 1. The SMILES string of the molecule is CNC(=O)CCNc1cncc(NN)n1. The Balaban J connectivity index is 2.40. The van der Waals surface area contributed by atoms with Gasteiger partial charge < -0.3 is 16.1 Å². The van der Waals surface area contributed by atoms with Crippen molar-refractivity contribution >= 4 is 17.5 Å². The second-order valence-electron chi connectivity index (χ2n) is 2.78. The zero-order valence-corrected chi connectivity index (χ0v) is 8.45. The predicted molar refractivity (Wildman–Crippen MR) is 57.0 cm³/mol. The van der Waals surface area contributed by atoms with Crippen LogP contribution >= 0.6 is 0 Å². The zero-order chi connectivity index (χ0) is 11.1. The van der Waals surface area contributed by atoms with Crippen LogP contribution in [0.15, 0.2) is 12.4 Å². The molecule has 0 atom stereocenters. The monoisotopic (exact) mass is 210 g/mol. The molecule has 0 spiro atoms. The minimum absolute atomic E-state index is 0.0245. The molecule has 0 saturated heterocycles. The highest BCUT2D eigenvalue weighted by Gasteiger charge is 1.99. The standard InChI is InChI=1S/C8H14N6O/c1-10-8(15)2-3-12-6-4-11-5-7(13-6)14-9/h4-5H,2-3,9H2,1H3,(H,10,15)(H2,12,13,14). The molecule has 0 aliphatic rings. The van der Waals surface area contributed by atoms with Crippen molar-refractivity contribution in [1.82, 2.24) is 15.3 Å². The van der Waals surface area contributed by atoms with Gasteiger partial charge in [-0.2, -0.15) is 0 Å². The third kappa shape index (κ3) is 3.77. The van der Waals surface area contributed by atoms with Gasteiger partial charge in [0.15, 0.2) is 5.82 Å². The van der Waals surface area contributed by atoms with E-state index in [0.717, 1.165) is 0 Å². The Morgan fingerprint density at radius 1 is 1.47 bits per heavy atom. The number of nitrogens with zero attached hydrogens (tertiary/aromatic N) is 2. The van der Waals surface area contributed by atoms with Crippen molar-refractivity contribution in [3.63, 3.8) is 0 Å². The lowest BCUT2D eigenvalue weighted by Gasteiger charge is -2.05. The molecule has 7 heteroatoms. The topological polar surface area (TPSA) is 105 Å². The fraction of sp³-hybridized carbons (Fsp3) is 0.375. The number of amides is 1. The van der Waals surface area contributed by atoms with Gasteiger partial charge in [-0.3, -0.25) is 9.78 Å². The van der Waals surface area contributed by atoms with Gasteiger partial charge in [0.25, 0.3) is 0 Å². The minimum Gasteiger partial charge on any atom is -0.368 e. The van der Waals surface area contributed by atoms with E-state index in [1.54, 1.807) is 13.2 Å². The van der Waals surface area contributed by atoms with Gasteiger partial charge in [0, 0.05) is 20.0 Å². The number of nitrogens with two attached hydrogens (primary N) is 1. The molecule has 1 rings (SSSR count). The molecule has 0 aliphatic carbocycles. The van der Waals surface area contributed by atoms with Gasteiger partial charge in [0.05, 0.1) is 12.4 Å². The molecule has 0 radical (unpaired) electrons. The van der Waals surface area contributed by atoms with E-state index in [1.807, 2.05) is 0 Å². The largest absolute Gasteiger partial charge is 0.368 e. The van der Waals surface area contributed by atoms with Crippen molar-refractivity contribution in [2.45, 2.75) is 6.42 Å². The van der Waals surface area contributed by atoms with Crippen LogP contribution in [0.5, 0.6) is 0 Å². The van der Waals surface area contributed by atoms with Crippen LogP contribution in [0, 0.1) is 0 Å². The Bertz CT molecular complexity index is 329. The van der Waals surface area contributed by atoms with E-state index < -0.39 is 0 Å². The second kappa shape index (κ2) is 5.76. The smallest absolute Gasteiger partial charge is 0.221 e. The Morgan fingerprint density at radius 3 is 2.87 bits per heavy atom. The number of aromatic nitrogens is 2. The van der Waals surface area contributed by atoms with Crippen LogP contribution in [-0.4, -0.2) is 29.5 Å². The van der Waals surface area contributed by atoms with E-state index in [2.05, 4.69) is 26.0 Å². The van der Waals surface area contributed by atoms with Gasteiger partial charge in [-0.15, -0.1) is 0 Å². The van der Waals surface area contributed by atoms with Crippen molar-refractivity contribution in [3.8, 4) is 0 Å². The summed E-state index contributed by atoms with van der Waals surface area (Å²) in [6.07, 6.45) is 3.45. The molecule has 1 amide bonds. The molecule has 82 valence electrons. The molecule has 1 aromatic rings. The van der Waals surface area contributed by atoms with E-state index in [-0.39, 0.29) is 5.91 Å². The van der Waals surface area contributed by atoms with Gasteiger partial charge in [0.1, 0.15) is 5.82 Å². The highest BCUT2D eigenvalue weighted by molar-refractivity contribution is 5.76. The summed E-state index contributed by atoms with van der Waals surface area (Å²) >= 11 is 0. The first-order valence-electron chi connectivity index (χ1n) is 4.49. The third-order valence-electron chi connectivity index (χ3n) is 1.72. The highest BCUT2D eigenvalue weighted by Crippen LogP contribution is 2.04. The maximum absolute atomic E-state index is 10.9. The van der Waals surface area contributed by atoms with E-state index in [1.165, 1.54) is 6.20 Å². The van der Waals surface area contributed by atoms with Crippen molar-refractivity contribution in [2.24, 2.45) is 5.84 Å². The number of hydrazine groups is 1. The average molecular weight is 210 g/mol. The highest BCUT2D eigenvalue weighted by atomic mass is 16.1. The zero-order valence-electron chi connectivity index (χ0n) is 8.45. The Morgan fingerprint density at radius 2 is 2.20 bits per heavy atom. The summed E-state index contributed by atoms with van der Waals surface area (Å²) in [5.41, 5.74) is 2.38. The molecule has 0 unspecified atom stereocenters. The van der Waals surface area contributed by atoms with Gasteiger partial charge in [-0.25, -0.2) is 10.8 Å². The van der Waals surface area contributed by atoms with E-state index >= 15 is 0 Å². The minimum atomic E-state index is -0.0245. The summed E-state index contributed by atoms with van der Waals surface area (Å²) in [6.45, 7) is 0.502. The second-order valence-corrected chi connectivity index (χ2v) is 2.78. The number of anilines is 2. The fourth-order valence-electron chi connectivity index (χ4n) is 0.950. The summed E-state index contributed by atoms with van der Waals surface area (Å²) in [5.74, 6) is 6.20. The van der Waals surface area contributed by atoms with Crippen molar-refractivity contribution in [3.05, 3.63) is 12.4 Å². The molecule has 0 aromatic carbocycles. The Hall–Kier alpha value is -1.89. The van der Waals surface area contributed by atoms with Gasteiger partial charge in [-0.05, 0) is 0 Å². The Kier molecular flexibility index (Phi) is 4.30. The van der Waals surface area contributed by atoms with Crippen LogP contribution < -0.4 is 21.9 Å². The molecular weight excluding hydrogens is 196 g/mol. The number of rotatable bonds is 5. The first kappa shape index (κ1) is 11.2. The molecule has 1 heterocycles. The number of nitrogens with one attached hydrogen (secondary N) is 3. The number of carbonyl (C=O) groups excluding carboxylic acids is 1. The average Bonchev–Trinajstić information content (AvgIpc) is 2.29. The number of carbonyl (C=O) groups is 1. The summed E-state index contributed by atoms with van der Waals surface area (Å²) in [6, 6.07) is 0. The Labute approximate surface area is 87.5 Å². The van der Waals surface area contributed by atoms with Crippen LogP contribution in [0.4, 0.5) is 11.6 Å². The molecule has 15 heavy (non-hydrogen) atoms. The normalized spacial score (nSPS) is 9.47. The van der Waals surface area contributed by atoms with Crippen LogP contribution in [0.3, 0.4) is 0 Å². The molecule has 0 bridgehead atoms. The third-order valence-corrected chi connectivity index (χ3v) is 1.72. The maximum Gasteiger partial charge on any atom is 0.221 e. The predicted octanol–water partition coefficient (Wildman–Crippen LogP) is -0.690. The van der Waals surface area contributed by atoms with Gasteiger partial charge in [-0.1, -0.05) is 0 Å². The first-order valence-corrected chi connectivity index (χ1v) is 4.49. The summed E-state index contributed by atoms with van der Waals surface area (Å²) in [5, 5.41) is 5.48. The molecule has 1 aromatic heterocycles. The fourth-order valence-corrected chi connectivity index (χ4v) is 0.950. The summed E-state index contributed by atoms with van der Waals surface area (Å²) < 4.78 is 0. The van der Waals surface area contributed by atoms with Crippen molar-refractivity contribution in [1.29, 1.82) is 0 Å². The molecule has 5 N–H and O–H groups in total. The van der Waals surface area contributed by atoms with Crippen molar-refractivity contribution in [2.75, 3.05) is 24.3 Å². The van der Waals surface area contributed by atoms with Gasteiger partial charge in [0.2, 0.25) is 5.91 Å². The first-order chi connectivity index (χ1) is 7.26. The van der Waals surface area contributed by atoms with Crippen molar-refractivity contribution < 1.29 is 4.79 Å². The molecule has 0 saturated carbocycles. The number of hydrogen-bond acceptors (Lipinski definition) is 6. The van der Waals surface area contributed by atoms with Crippen LogP contribution in [0.25, 0.3) is 0 Å². The van der Waals surface area contributed by atoms with E-state index in [0.29, 0.717) is 24.6 Å². The molecule has 0 fully saturated rings. The lowest BCUT2D eigenvalue weighted by atomic mass is 10.4. The lowest BCUT2D eigenvalue weighted by molar-refractivity contribution is -0.120. The molecular formula is C8H14N6O. The summed E-state index contributed by atoms with van der Waals surface area (Å²) in [7, 11) is 1.60. The van der Waals surface area contributed by atoms with Crippen LogP contribution in [0.1, 0.15) is 6.42 Å². The van der Waals surface area contributed by atoms with Crippen LogP contribution in [0.2, 0.25) is 0 Å². The quantitative estimate of drug-likeness (QED) is 0.379. The van der Waals surface area contributed by atoms with Gasteiger partial charge >= 0.3 is 0 Å². The summed E-state index contributed by atoms with van der Waals surface area (Å²) in [4.78, 5) is 18.9. The van der Waals surface area contributed by atoms with E-state index in [9.17, 15) is 4.79 Å². The molecule has 0 aliphatic heterocycles. The van der Waals surface area contributed by atoms with E-state index in [4.69, 9.17) is 5.84 Å². The molecule has 7 nitrogen and oxygen atoms in total. The van der Waals surface area contributed by atoms with Crippen LogP contribution in [-0.2, 0) is 4.79 Å². The number of hydrogen-bond donors (Lipinski definition) is 4.